The molecule has 0 aliphatic carbocycles. The average molecular weight is 522 g/mol. The molecule has 0 spiro atoms. The molecule has 0 saturated carbocycles. The van der Waals surface area contributed by atoms with Gasteiger partial charge in [-0.2, -0.15) is 0 Å². The largest absolute Gasteiger partial charge is 0.462 e. The van der Waals surface area contributed by atoms with Crippen LogP contribution in [0.1, 0.15) is 39.3 Å². The third-order valence-corrected chi connectivity index (χ3v) is 7.81. The van der Waals surface area contributed by atoms with E-state index in [0.29, 0.717) is 16.8 Å². The van der Waals surface area contributed by atoms with Gasteiger partial charge in [-0.15, -0.1) is 11.3 Å². The molecule has 2 fully saturated rings. The molecule has 2 saturated heterocycles. The lowest BCUT2D eigenvalue weighted by Crippen LogP contribution is -2.37. The van der Waals surface area contributed by atoms with Gasteiger partial charge in [0.05, 0.1) is 28.8 Å². The predicted molar refractivity (Wildman–Crippen MR) is 135 cm³/mol. The van der Waals surface area contributed by atoms with Crippen LogP contribution in [-0.2, 0) is 19.2 Å². The molecule has 2 aliphatic rings. The number of rotatable bonds is 6. The van der Waals surface area contributed by atoms with Gasteiger partial charge in [0, 0.05) is 17.0 Å². The molecule has 0 radical (unpaired) electrons. The van der Waals surface area contributed by atoms with E-state index in [1.165, 1.54) is 28.5 Å². The van der Waals surface area contributed by atoms with Crippen molar-refractivity contribution in [3.63, 3.8) is 0 Å². The molecule has 3 atom stereocenters. The van der Waals surface area contributed by atoms with Gasteiger partial charge in [0.1, 0.15) is 10.9 Å². The number of nitrogens with zero attached hydrogens (tertiary/aromatic N) is 3. The Balaban J connectivity index is 1.59. The molecule has 11 heteroatoms. The summed E-state index contributed by atoms with van der Waals surface area (Å²) in [5.41, 5.74) is 1.95. The van der Waals surface area contributed by atoms with Crippen LogP contribution >= 0.6 is 11.3 Å². The first kappa shape index (κ1) is 24.6. The number of para-hydroxylation sites is 1. The van der Waals surface area contributed by atoms with Crippen molar-refractivity contribution in [3.05, 3.63) is 86.3 Å². The molecule has 2 aliphatic heterocycles. The summed E-state index contributed by atoms with van der Waals surface area (Å²) >= 11 is 1.18. The van der Waals surface area contributed by atoms with Crippen LogP contribution in [0.15, 0.2) is 54.6 Å². The lowest BCUT2D eigenvalue weighted by molar-refractivity contribution is -0.384. The van der Waals surface area contributed by atoms with E-state index in [1.54, 1.807) is 50.2 Å². The SMILES string of the molecule is CCOC(=O)c1c(N2C(=O)[C@@H]3[C@@H](ON(c4ccccc4)[C@H]3c3ccc([N+](=O)[O-])cc3)C2=O)sc(C)c1C. The Morgan fingerprint density at radius 3 is 2.38 bits per heavy atom. The number of amides is 2. The molecular formula is C26H23N3O7S. The molecule has 3 heterocycles. The van der Waals surface area contributed by atoms with Gasteiger partial charge in [0.25, 0.3) is 11.6 Å². The van der Waals surface area contributed by atoms with Crippen molar-refractivity contribution in [1.82, 2.24) is 0 Å². The highest BCUT2D eigenvalue weighted by Crippen LogP contribution is 2.49. The van der Waals surface area contributed by atoms with Crippen molar-refractivity contribution >= 4 is 45.5 Å². The number of carbonyl (C=O) groups is 3. The van der Waals surface area contributed by atoms with E-state index in [-0.39, 0.29) is 22.9 Å². The van der Waals surface area contributed by atoms with E-state index < -0.39 is 40.8 Å². The summed E-state index contributed by atoms with van der Waals surface area (Å²) in [5.74, 6) is -2.63. The number of benzene rings is 2. The number of esters is 1. The van der Waals surface area contributed by atoms with Gasteiger partial charge in [-0.05, 0) is 44.0 Å². The van der Waals surface area contributed by atoms with E-state index >= 15 is 0 Å². The number of hydrogen-bond donors (Lipinski definition) is 0. The molecule has 1 aromatic heterocycles. The molecule has 190 valence electrons. The zero-order valence-electron chi connectivity index (χ0n) is 20.2. The minimum Gasteiger partial charge on any atom is -0.462 e. The Labute approximate surface area is 216 Å². The minimum atomic E-state index is -1.13. The highest BCUT2D eigenvalue weighted by molar-refractivity contribution is 7.17. The van der Waals surface area contributed by atoms with Gasteiger partial charge >= 0.3 is 5.97 Å². The average Bonchev–Trinajstić information content (AvgIpc) is 3.50. The summed E-state index contributed by atoms with van der Waals surface area (Å²) in [5, 5.41) is 12.9. The quantitative estimate of drug-likeness (QED) is 0.201. The summed E-state index contributed by atoms with van der Waals surface area (Å²) in [6, 6.07) is 14.1. The summed E-state index contributed by atoms with van der Waals surface area (Å²) in [6.07, 6.45) is -1.13. The van der Waals surface area contributed by atoms with Crippen molar-refractivity contribution in [3.8, 4) is 0 Å². The van der Waals surface area contributed by atoms with Crippen molar-refractivity contribution < 1.29 is 28.9 Å². The van der Waals surface area contributed by atoms with E-state index in [9.17, 15) is 24.5 Å². The number of fused-ring (bicyclic) bond motifs is 1. The fourth-order valence-electron chi connectivity index (χ4n) is 4.76. The first-order valence-electron chi connectivity index (χ1n) is 11.6. The predicted octanol–water partition coefficient (Wildman–Crippen LogP) is 4.50. The molecule has 0 unspecified atom stereocenters. The van der Waals surface area contributed by atoms with Crippen molar-refractivity contribution in [2.75, 3.05) is 16.6 Å². The topological polar surface area (TPSA) is 119 Å². The van der Waals surface area contributed by atoms with Gasteiger partial charge in [-0.3, -0.25) is 24.5 Å². The van der Waals surface area contributed by atoms with E-state index in [2.05, 4.69) is 0 Å². The van der Waals surface area contributed by atoms with Crippen LogP contribution in [0, 0.1) is 29.9 Å². The molecule has 0 N–H and O–H groups in total. The van der Waals surface area contributed by atoms with E-state index in [4.69, 9.17) is 9.57 Å². The van der Waals surface area contributed by atoms with Crippen LogP contribution in [0.2, 0.25) is 0 Å². The summed E-state index contributed by atoms with van der Waals surface area (Å²) < 4.78 is 5.21. The second-order valence-electron chi connectivity index (χ2n) is 8.70. The van der Waals surface area contributed by atoms with Gasteiger partial charge in [0.2, 0.25) is 5.91 Å². The number of imide groups is 1. The van der Waals surface area contributed by atoms with Crippen molar-refractivity contribution in [1.29, 1.82) is 0 Å². The van der Waals surface area contributed by atoms with Crippen LogP contribution in [0.25, 0.3) is 0 Å². The molecule has 37 heavy (non-hydrogen) atoms. The van der Waals surface area contributed by atoms with Gasteiger partial charge in [-0.25, -0.2) is 14.8 Å². The second kappa shape index (κ2) is 9.41. The fraction of sp³-hybridized carbons (Fsp3) is 0.269. The maximum absolute atomic E-state index is 13.9. The number of hydroxylamine groups is 1. The third kappa shape index (κ3) is 3.96. The Kier molecular flexibility index (Phi) is 6.26. The maximum Gasteiger partial charge on any atom is 0.341 e. The molecular weight excluding hydrogens is 498 g/mol. The smallest absolute Gasteiger partial charge is 0.341 e. The van der Waals surface area contributed by atoms with Crippen molar-refractivity contribution in [2.45, 2.75) is 32.9 Å². The van der Waals surface area contributed by atoms with Gasteiger partial charge in [-0.1, -0.05) is 30.3 Å². The van der Waals surface area contributed by atoms with Crippen LogP contribution < -0.4 is 9.96 Å². The monoisotopic (exact) mass is 521 g/mol. The number of hydrogen-bond acceptors (Lipinski definition) is 9. The standard InChI is InChI=1S/C26H23N3O7S/c1-4-35-26(32)19-14(2)15(3)37-25(19)27-23(30)20-21(16-10-12-18(13-11-16)29(33)34)28(36-22(20)24(27)31)17-8-6-5-7-9-17/h5-13,20-22H,4H2,1-3H3/t20-,21-,22+/m0/s1. The summed E-state index contributed by atoms with van der Waals surface area (Å²) in [7, 11) is 0. The van der Waals surface area contributed by atoms with Gasteiger partial charge in [0.15, 0.2) is 6.10 Å². The number of ether oxygens (including phenoxy) is 1. The minimum absolute atomic E-state index is 0.0930. The number of nitro groups is 1. The zero-order valence-corrected chi connectivity index (χ0v) is 21.1. The zero-order chi connectivity index (χ0) is 26.4. The van der Waals surface area contributed by atoms with E-state index in [1.807, 2.05) is 13.0 Å². The Bertz CT molecular complexity index is 1400. The van der Waals surface area contributed by atoms with Crippen molar-refractivity contribution in [2.24, 2.45) is 5.92 Å². The maximum atomic E-state index is 13.9. The molecule has 0 bridgehead atoms. The third-order valence-electron chi connectivity index (χ3n) is 6.62. The van der Waals surface area contributed by atoms with E-state index in [0.717, 1.165) is 9.78 Å². The lowest BCUT2D eigenvalue weighted by Gasteiger charge is -2.28. The van der Waals surface area contributed by atoms with Crippen LogP contribution in [0.3, 0.4) is 0 Å². The van der Waals surface area contributed by atoms with Crippen LogP contribution in [0.4, 0.5) is 16.4 Å². The molecule has 5 rings (SSSR count). The number of thiophene rings is 1. The number of aryl methyl sites for hydroxylation is 1. The van der Waals surface area contributed by atoms with Crippen LogP contribution in [-0.4, -0.2) is 35.4 Å². The molecule has 10 nitrogen and oxygen atoms in total. The first-order chi connectivity index (χ1) is 17.7. The fourth-order valence-corrected chi connectivity index (χ4v) is 5.91. The number of carbonyl (C=O) groups excluding carboxylic acids is 3. The summed E-state index contributed by atoms with van der Waals surface area (Å²) in [6.45, 7) is 5.40. The number of non-ortho nitro benzene ring substituents is 1. The second-order valence-corrected chi connectivity index (χ2v) is 9.91. The molecule has 2 aromatic carbocycles. The van der Waals surface area contributed by atoms with Gasteiger partial charge < -0.3 is 4.74 Å². The normalized spacial score (nSPS) is 20.9. The Morgan fingerprint density at radius 1 is 1.08 bits per heavy atom. The molecule has 2 amide bonds. The lowest BCUT2D eigenvalue weighted by atomic mass is 9.90. The summed E-state index contributed by atoms with van der Waals surface area (Å²) in [4.78, 5) is 59.0. The highest BCUT2D eigenvalue weighted by atomic mass is 32.1. The Hall–Kier alpha value is -4.09. The highest BCUT2D eigenvalue weighted by Gasteiger charge is 2.61. The van der Waals surface area contributed by atoms with Crippen LogP contribution in [0.5, 0.6) is 0 Å². The first-order valence-corrected chi connectivity index (χ1v) is 12.5. The Morgan fingerprint density at radius 2 is 1.76 bits per heavy atom. The molecule has 3 aromatic rings. The number of nitro benzene ring substituents is 1. The number of anilines is 2.